The van der Waals surface area contributed by atoms with Gasteiger partial charge in [-0.2, -0.15) is 0 Å². The fourth-order valence-electron chi connectivity index (χ4n) is 2.22. The Bertz CT molecular complexity index is 958. The third-order valence-corrected chi connectivity index (χ3v) is 4.59. The zero-order chi connectivity index (χ0) is 20.1. The third-order valence-electron chi connectivity index (χ3n) is 3.67. The predicted molar refractivity (Wildman–Crippen MR) is 101 cm³/mol. The number of rotatable bonds is 7. The first-order valence-electron chi connectivity index (χ1n) is 8.10. The fourth-order valence-corrected chi connectivity index (χ4v) is 3.02. The fraction of sp³-hybridized carbons (Fsp3) is 0.176. The lowest BCUT2D eigenvalue weighted by Crippen LogP contribution is -2.36. The van der Waals surface area contributed by atoms with Gasteiger partial charge in [0.25, 0.3) is 0 Å². The summed E-state index contributed by atoms with van der Waals surface area (Å²) in [6.45, 7) is -0.149. The number of hydrogen-bond acceptors (Lipinski definition) is 7. The van der Waals surface area contributed by atoms with Crippen molar-refractivity contribution in [2.75, 3.05) is 30.5 Å². The van der Waals surface area contributed by atoms with Gasteiger partial charge in [0.1, 0.15) is 5.82 Å². The predicted octanol–water partition coefficient (Wildman–Crippen LogP) is 1.58. The topological polar surface area (TPSA) is 119 Å². The number of nitrogens with zero attached hydrogens (tertiary/aromatic N) is 4. The lowest BCUT2D eigenvalue weighted by atomic mass is 10.3. The Morgan fingerprint density at radius 2 is 2.04 bits per heavy atom. The molecule has 2 aromatic heterocycles. The first-order chi connectivity index (χ1) is 13.4. The number of nitrogens with one attached hydrogen (secondary N) is 1. The lowest BCUT2D eigenvalue weighted by molar-refractivity contribution is -0.131. The maximum Gasteiger partial charge on any atom is 0.243 e. The number of likely N-dealkylation sites (N-methyl/N-ethyl adjacent to an activating group) is 1. The molecule has 0 saturated heterocycles. The highest BCUT2D eigenvalue weighted by Crippen LogP contribution is 2.21. The van der Waals surface area contributed by atoms with Crippen LogP contribution in [-0.4, -0.2) is 50.9 Å². The zero-order valence-electron chi connectivity index (χ0n) is 14.8. The third kappa shape index (κ3) is 4.68. The van der Waals surface area contributed by atoms with Crippen molar-refractivity contribution in [1.82, 2.24) is 19.8 Å². The molecule has 9 nitrogen and oxygen atoms in total. The number of amides is 2. The summed E-state index contributed by atoms with van der Waals surface area (Å²) < 4.78 is 19.3. The molecule has 3 aromatic rings. The van der Waals surface area contributed by atoms with Gasteiger partial charge in [-0.3, -0.25) is 9.59 Å². The molecule has 0 atom stereocenters. The lowest BCUT2D eigenvalue weighted by Gasteiger charge is -2.16. The molecular weight excluding hydrogens is 387 g/mol. The van der Waals surface area contributed by atoms with E-state index < -0.39 is 11.7 Å². The molecule has 2 amide bonds. The van der Waals surface area contributed by atoms with Crippen LogP contribution in [0.1, 0.15) is 0 Å². The van der Waals surface area contributed by atoms with Gasteiger partial charge in [-0.15, -0.1) is 10.2 Å². The summed E-state index contributed by atoms with van der Waals surface area (Å²) in [5, 5.41) is 10.8. The maximum absolute atomic E-state index is 12.9. The van der Waals surface area contributed by atoms with Crippen LogP contribution in [0.4, 0.5) is 10.1 Å². The molecule has 2 heterocycles. The van der Waals surface area contributed by atoms with Crippen LogP contribution in [0.25, 0.3) is 11.6 Å². The summed E-state index contributed by atoms with van der Waals surface area (Å²) >= 11 is 1.09. The summed E-state index contributed by atoms with van der Waals surface area (Å²) in [6, 6.07) is 8.75. The molecule has 0 aliphatic rings. The number of thioether (sulfide) groups is 1. The molecule has 0 aliphatic heterocycles. The number of halogens is 1. The van der Waals surface area contributed by atoms with E-state index in [2.05, 4.69) is 15.5 Å². The molecule has 0 spiro atoms. The van der Waals surface area contributed by atoms with E-state index in [1.165, 1.54) is 47.2 Å². The quantitative estimate of drug-likeness (QED) is 0.453. The highest BCUT2D eigenvalue weighted by Gasteiger charge is 2.18. The first-order valence-corrected chi connectivity index (χ1v) is 9.09. The number of nitrogens with two attached hydrogens (primary N) is 1. The van der Waals surface area contributed by atoms with Gasteiger partial charge >= 0.3 is 0 Å². The van der Waals surface area contributed by atoms with Crippen molar-refractivity contribution in [3.63, 3.8) is 0 Å². The van der Waals surface area contributed by atoms with E-state index in [9.17, 15) is 14.0 Å². The SMILES string of the molecule is CN(CC(=O)Nc1ccc(F)cc1)C(=O)CSc1nnc(-c2ccco2)n1N. The van der Waals surface area contributed by atoms with E-state index in [1.807, 2.05) is 0 Å². The number of carbonyl (C=O) groups is 2. The normalized spacial score (nSPS) is 10.6. The van der Waals surface area contributed by atoms with Crippen molar-refractivity contribution >= 4 is 29.3 Å². The van der Waals surface area contributed by atoms with Crippen molar-refractivity contribution in [3.05, 3.63) is 48.5 Å². The minimum atomic E-state index is -0.398. The van der Waals surface area contributed by atoms with Crippen molar-refractivity contribution in [3.8, 4) is 11.6 Å². The van der Waals surface area contributed by atoms with Gasteiger partial charge < -0.3 is 20.5 Å². The molecule has 1 aromatic carbocycles. The Morgan fingerprint density at radius 1 is 1.29 bits per heavy atom. The zero-order valence-corrected chi connectivity index (χ0v) is 15.6. The van der Waals surface area contributed by atoms with Gasteiger partial charge in [-0.1, -0.05) is 11.8 Å². The molecule has 3 rings (SSSR count). The minimum absolute atomic E-state index is 0.0216. The van der Waals surface area contributed by atoms with Crippen molar-refractivity contribution in [2.24, 2.45) is 0 Å². The highest BCUT2D eigenvalue weighted by atomic mass is 32.2. The molecule has 0 saturated carbocycles. The average molecular weight is 404 g/mol. The van der Waals surface area contributed by atoms with Crippen LogP contribution in [0.15, 0.2) is 52.2 Å². The van der Waals surface area contributed by atoms with Crippen molar-refractivity contribution in [1.29, 1.82) is 0 Å². The number of benzene rings is 1. The molecule has 146 valence electrons. The Balaban J connectivity index is 1.50. The molecule has 3 N–H and O–H groups in total. The Kier molecular flexibility index (Phi) is 5.94. The van der Waals surface area contributed by atoms with Gasteiger partial charge in [0.15, 0.2) is 5.76 Å². The van der Waals surface area contributed by atoms with Gasteiger partial charge in [-0.05, 0) is 36.4 Å². The molecule has 0 unspecified atom stereocenters. The van der Waals surface area contributed by atoms with Gasteiger partial charge in [0, 0.05) is 12.7 Å². The summed E-state index contributed by atoms with van der Waals surface area (Å²) in [5.41, 5.74) is 0.448. The molecule has 0 aliphatic carbocycles. The Morgan fingerprint density at radius 3 is 2.71 bits per heavy atom. The Labute approximate surface area is 163 Å². The van der Waals surface area contributed by atoms with Gasteiger partial charge in [0.05, 0.1) is 18.6 Å². The number of nitrogen functional groups attached to an aromatic ring is 1. The number of furan rings is 1. The van der Waals surface area contributed by atoms with E-state index in [0.29, 0.717) is 22.4 Å². The smallest absolute Gasteiger partial charge is 0.243 e. The molecule has 0 fully saturated rings. The van der Waals surface area contributed by atoms with E-state index in [0.717, 1.165) is 11.8 Å². The largest absolute Gasteiger partial charge is 0.461 e. The van der Waals surface area contributed by atoms with E-state index in [4.69, 9.17) is 10.3 Å². The molecular formula is C17H17FN6O3S. The molecule has 0 bridgehead atoms. The standard InChI is InChI=1S/C17H17FN6O3S/c1-23(9-14(25)20-12-6-4-11(18)5-7-12)15(26)10-28-17-22-21-16(24(17)19)13-3-2-8-27-13/h2-8H,9-10,19H2,1H3,(H,20,25). The number of carbonyl (C=O) groups excluding carboxylic acids is 2. The monoisotopic (exact) mass is 404 g/mol. The van der Waals surface area contributed by atoms with E-state index in [1.54, 1.807) is 12.1 Å². The second-order valence-corrected chi connectivity index (χ2v) is 6.69. The van der Waals surface area contributed by atoms with Crippen LogP contribution >= 0.6 is 11.8 Å². The van der Waals surface area contributed by atoms with Crippen LogP contribution in [0.5, 0.6) is 0 Å². The van der Waals surface area contributed by atoms with Crippen LogP contribution in [0, 0.1) is 5.82 Å². The number of anilines is 1. The van der Waals surface area contributed by atoms with Crippen LogP contribution < -0.4 is 11.2 Å². The summed E-state index contributed by atoms with van der Waals surface area (Å²) in [4.78, 5) is 25.5. The van der Waals surface area contributed by atoms with Crippen molar-refractivity contribution in [2.45, 2.75) is 5.16 Å². The van der Waals surface area contributed by atoms with Crippen LogP contribution in [-0.2, 0) is 9.59 Å². The van der Waals surface area contributed by atoms with E-state index in [-0.39, 0.29) is 18.2 Å². The second-order valence-electron chi connectivity index (χ2n) is 5.75. The van der Waals surface area contributed by atoms with Gasteiger partial charge in [-0.25, -0.2) is 9.07 Å². The molecule has 0 radical (unpaired) electrons. The summed E-state index contributed by atoms with van der Waals surface area (Å²) in [7, 11) is 1.51. The first kappa shape index (κ1) is 19.4. The average Bonchev–Trinajstić information content (AvgIpc) is 3.31. The molecule has 28 heavy (non-hydrogen) atoms. The van der Waals surface area contributed by atoms with Gasteiger partial charge in [0.2, 0.25) is 22.8 Å². The highest BCUT2D eigenvalue weighted by molar-refractivity contribution is 7.99. The Hall–Kier alpha value is -3.34. The van der Waals surface area contributed by atoms with E-state index >= 15 is 0 Å². The molecule has 11 heteroatoms. The van der Waals surface area contributed by atoms with Crippen molar-refractivity contribution < 1.29 is 18.4 Å². The minimum Gasteiger partial charge on any atom is -0.461 e. The summed E-state index contributed by atoms with van der Waals surface area (Å²) in [5.74, 6) is 5.67. The summed E-state index contributed by atoms with van der Waals surface area (Å²) in [6.07, 6.45) is 1.49. The maximum atomic E-state index is 12.9. The van der Waals surface area contributed by atoms with Crippen LogP contribution in [0.3, 0.4) is 0 Å². The number of hydrogen-bond donors (Lipinski definition) is 2. The van der Waals surface area contributed by atoms with Crippen LogP contribution in [0.2, 0.25) is 0 Å². The number of aromatic nitrogens is 3. The second kappa shape index (κ2) is 8.57.